The van der Waals surface area contributed by atoms with Crippen molar-refractivity contribution in [2.45, 2.75) is 25.6 Å². The van der Waals surface area contributed by atoms with Gasteiger partial charge >= 0.3 is 0 Å². The average molecular weight is 533 g/mol. The number of nitrogens with zero attached hydrogens (tertiary/aromatic N) is 3. The van der Waals surface area contributed by atoms with Crippen molar-refractivity contribution < 1.29 is 18.7 Å². The monoisotopic (exact) mass is 532 g/mol. The number of thioether (sulfide) groups is 1. The Hall–Kier alpha value is -2.98. The first-order chi connectivity index (χ1) is 15.8. The first kappa shape index (κ1) is 24.7. The number of rotatable bonds is 9. The molecule has 7 nitrogen and oxygen atoms in total. The van der Waals surface area contributed by atoms with Gasteiger partial charge in [-0.1, -0.05) is 23.9 Å². The van der Waals surface area contributed by atoms with E-state index >= 15 is 0 Å². The molecule has 3 aromatic rings. The smallest absolute Gasteiger partial charge is 0.250 e. The lowest BCUT2D eigenvalue weighted by atomic mass is 10.2. The van der Waals surface area contributed by atoms with Gasteiger partial charge in [-0.3, -0.25) is 4.79 Å². The second-order valence-corrected chi connectivity index (χ2v) is 8.75. The minimum atomic E-state index is -0.299. The van der Waals surface area contributed by atoms with Crippen LogP contribution in [0.1, 0.15) is 22.5 Å². The molecule has 0 saturated heterocycles. The maximum absolute atomic E-state index is 13.1. The van der Waals surface area contributed by atoms with Gasteiger partial charge in [0.2, 0.25) is 0 Å². The summed E-state index contributed by atoms with van der Waals surface area (Å²) in [5.41, 5.74) is 5.71. The number of aryl methyl sites for hydroxylation is 2. The van der Waals surface area contributed by atoms with Crippen molar-refractivity contribution in [2.24, 2.45) is 5.10 Å². The largest absolute Gasteiger partial charge is 0.493 e. The van der Waals surface area contributed by atoms with Gasteiger partial charge in [-0.25, -0.2) is 19.8 Å². The fourth-order valence-electron chi connectivity index (χ4n) is 2.76. The van der Waals surface area contributed by atoms with Crippen molar-refractivity contribution >= 4 is 39.8 Å². The predicted molar refractivity (Wildman–Crippen MR) is 129 cm³/mol. The summed E-state index contributed by atoms with van der Waals surface area (Å²) in [4.78, 5) is 20.7. The standard InChI is InChI=1S/C23H22BrFN4O3S/c1-14-8-15(2)28-23(27-14)33-13-22(30)29-26-11-17-9-20(31-3)21(10-19(17)24)32-12-16-4-6-18(25)7-5-16/h4-11H,12-13H2,1-3H3,(H,29,30)/b26-11-. The van der Waals surface area contributed by atoms with Crippen molar-refractivity contribution in [3.05, 3.63) is 75.3 Å². The van der Waals surface area contributed by atoms with Crippen molar-refractivity contribution in [3.8, 4) is 11.5 Å². The van der Waals surface area contributed by atoms with E-state index in [-0.39, 0.29) is 24.1 Å². The van der Waals surface area contributed by atoms with Crippen LogP contribution in [0.4, 0.5) is 4.39 Å². The van der Waals surface area contributed by atoms with Crippen molar-refractivity contribution in [1.29, 1.82) is 0 Å². The molecule has 0 bridgehead atoms. The number of hydrazone groups is 1. The minimum absolute atomic E-state index is 0.140. The number of carbonyl (C=O) groups is 1. The van der Waals surface area contributed by atoms with Crippen LogP contribution in [0.2, 0.25) is 0 Å². The van der Waals surface area contributed by atoms with E-state index in [9.17, 15) is 9.18 Å². The van der Waals surface area contributed by atoms with E-state index in [1.807, 2.05) is 19.9 Å². The van der Waals surface area contributed by atoms with Crippen LogP contribution in [0, 0.1) is 19.7 Å². The molecule has 33 heavy (non-hydrogen) atoms. The van der Waals surface area contributed by atoms with Gasteiger partial charge in [-0.15, -0.1) is 0 Å². The fraction of sp³-hybridized carbons (Fsp3) is 0.217. The molecule has 0 spiro atoms. The summed E-state index contributed by atoms with van der Waals surface area (Å²) in [7, 11) is 1.53. The molecule has 0 fully saturated rings. The van der Waals surface area contributed by atoms with Gasteiger partial charge < -0.3 is 9.47 Å². The fourth-order valence-corrected chi connectivity index (χ4v) is 3.92. The zero-order chi connectivity index (χ0) is 23.8. The van der Waals surface area contributed by atoms with Crippen LogP contribution in [-0.4, -0.2) is 35.0 Å². The van der Waals surface area contributed by atoms with Crippen LogP contribution in [0.3, 0.4) is 0 Å². The lowest BCUT2D eigenvalue weighted by molar-refractivity contribution is -0.118. The molecular weight excluding hydrogens is 511 g/mol. The molecule has 0 saturated carbocycles. The van der Waals surface area contributed by atoms with Crippen molar-refractivity contribution in [3.63, 3.8) is 0 Å². The summed E-state index contributed by atoms with van der Waals surface area (Å²) < 4.78 is 25.0. The Morgan fingerprint density at radius 1 is 1.15 bits per heavy atom. The summed E-state index contributed by atoms with van der Waals surface area (Å²) in [6.07, 6.45) is 1.51. The molecule has 2 aromatic carbocycles. The van der Waals surface area contributed by atoms with E-state index in [1.54, 1.807) is 24.3 Å². The number of halogens is 2. The topological polar surface area (TPSA) is 85.7 Å². The number of hydrogen-bond acceptors (Lipinski definition) is 7. The second-order valence-electron chi connectivity index (χ2n) is 6.95. The van der Waals surface area contributed by atoms with Crippen LogP contribution in [-0.2, 0) is 11.4 Å². The summed E-state index contributed by atoms with van der Waals surface area (Å²) in [5.74, 6) is 0.574. The van der Waals surface area contributed by atoms with E-state index < -0.39 is 0 Å². The van der Waals surface area contributed by atoms with Crippen LogP contribution in [0.5, 0.6) is 11.5 Å². The van der Waals surface area contributed by atoms with E-state index in [0.717, 1.165) is 17.0 Å². The molecule has 0 atom stereocenters. The molecular formula is C23H22BrFN4O3S. The van der Waals surface area contributed by atoms with Crippen molar-refractivity contribution in [1.82, 2.24) is 15.4 Å². The molecule has 1 amide bonds. The highest BCUT2D eigenvalue weighted by Crippen LogP contribution is 2.33. The maximum Gasteiger partial charge on any atom is 0.250 e. The normalized spacial score (nSPS) is 10.9. The summed E-state index contributed by atoms with van der Waals surface area (Å²) in [6, 6.07) is 11.4. The average Bonchev–Trinajstić information content (AvgIpc) is 2.78. The van der Waals surface area contributed by atoms with Gasteiger partial charge in [0.15, 0.2) is 16.7 Å². The number of nitrogens with one attached hydrogen (secondary N) is 1. The van der Waals surface area contributed by atoms with Gasteiger partial charge in [-0.05, 0) is 65.7 Å². The Kier molecular flexibility index (Phi) is 8.79. The van der Waals surface area contributed by atoms with E-state index in [0.29, 0.717) is 26.7 Å². The number of ether oxygens (including phenoxy) is 2. The zero-order valence-electron chi connectivity index (χ0n) is 18.3. The highest BCUT2D eigenvalue weighted by molar-refractivity contribution is 9.10. The molecule has 0 radical (unpaired) electrons. The van der Waals surface area contributed by atoms with E-state index in [4.69, 9.17) is 9.47 Å². The SMILES string of the molecule is COc1cc(/C=N\NC(=O)CSc2nc(C)cc(C)n2)c(Br)cc1OCc1ccc(F)cc1. The third-order valence-corrected chi connectivity index (χ3v) is 5.81. The lowest BCUT2D eigenvalue weighted by Crippen LogP contribution is -2.19. The van der Waals surface area contributed by atoms with Gasteiger partial charge in [0.05, 0.1) is 19.1 Å². The van der Waals surface area contributed by atoms with Crippen LogP contribution in [0.15, 0.2) is 57.2 Å². The molecule has 1 N–H and O–H groups in total. The highest BCUT2D eigenvalue weighted by Gasteiger charge is 2.11. The van der Waals surface area contributed by atoms with Crippen LogP contribution >= 0.6 is 27.7 Å². The Bertz CT molecular complexity index is 1140. The number of benzene rings is 2. The molecule has 0 aliphatic heterocycles. The summed E-state index contributed by atoms with van der Waals surface area (Å²) in [6.45, 7) is 4.02. The van der Waals surface area contributed by atoms with Crippen molar-refractivity contribution in [2.75, 3.05) is 12.9 Å². The minimum Gasteiger partial charge on any atom is -0.493 e. The van der Waals surface area contributed by atoms with E-state index in [2.05, 4.69) is 36.4 Å². The Morgan fingerprint density at radius 3 is 2.52 bits per heavy atom. The van der Waals surface area contributed by atoms with Gasteiger partial charge in [0.1, 0.15) is 12.4 Å². The predicted octanol–water partition coefficient (Wildman–Crippen LogP) is 4.83. The second kappa shape index (κ2) is 11.8. The first-order valence-electron chi connectivity index (χ1n) is 9.86. The van der Waals surface area contributed by atoms with Gasteiger partial charge in [-0.2, -0.15) is 5.10 Å². The highest BCUT2D eigenvalue weighted by atomic mass is 79.9. The summed E-state index contributed by atoms with van der Waals surface area (Å²) in [5, 5.41) is 4.57. The number of aromatic nitrogens is 2. The molecule has 0 aliphatic rings. The zero-order valence-corrected chi connectivity index (χ0v) is 20.7. The van der Waals surface area contributed by atoms with Gasteiger partial charge in [0, 0.05) is 21.4 Å². The Morgan fingerprint density at radius 2 is 1.85 bits per heavy atom. The first-order valence-corrected chi connectivity index (χ1v) is 11.6. The number of hydrogen-bond donors (Lipinski definition) is 1. The molecule has 172 valence electrons. The number of carbonyl (C=O) groups excluding carboxylic acids is 1. The van der Waals surface area contributed by atoms with Gasteiger partial charge in [0.25, 0.3) is 5.91 Å². The molecule has 0 aliphatic carbocycles. The molecule has 3 rings (SSSR count). The lowest BCUT2D eigenvalue weighted by Gasteiger charge is -2.13. The maximum atomic E-state index is 13.1. The Balaban J connectivity index is 1.58. The van der Waals surface area contributed by atoms with Crippen LogP contribution in [0.25, 0.3) is 0 Å². The van der Waals surface area contributed by atoms with E-state index in [1.165, 1.54) is 37.2 Å². The third-order valence-electron chi connectivity index (χ3n) is 4.28. The molecule has 10 heteroatoms. The molecule has 1 heterocycles. The third kappa shape index (κ3) is 7.54. The quantitative estimate of drug-likeness (QED) is 0.184. The molecule has 1 aromatic heterocycles. The Labute approximate surface area is 203 Å². The number of amides is 1. The molecule has 0 unspecified atom stereocenters. The summed E-state index contributed by atoms with van der Waals surface area (Å²) >= 11 is 4.72. The number of methoxy groups -OCH3 is 1. The van der Waals surface area contributed by atoms with Crippen LogP contribution < -0.4 is 14.9 Å².